The van der Waals surface area contributed by atoms with E-state index in [2.05, 4.69) is 93.4 Å². The number of hydrogen-bond donors (Lipinski definition) is 0. The number of rotatable bonds is 3. The molecule has 0 spiro atoms. The molecule has 0 bridgehead atoms. The van der Waals surface area contributed by atoms with Crippen molar-refractivity contribution >= 4 is 32.3 Å². The van der Waals surface area contributed by atoms with Crippen molar-refractivity contribution in [3.63, 3.8) is 0 Å². The lowest BCUT2D eigenvalue weighted by molar-refractivity contribution is -0.760. The molecule has 156 valence electrons. The van der Waals surface area contributed by atoms with Gasteiger partial charge in [0.1, 0.15) is 10.2 Å². The van der Waals surface area contributed by atoms with E-state index in [1.165, 1.54) is 48.9 Å². The average molecular weight is 426 g/mol. The van der Waals surface area contributed by atoms with Crippen LogP contribution in [0.5, 0.6) is 0 Å². The molecule has 2 aromatic carbocycles. The molecule has 2 unspecified atom stereocenters. The summed E-state index contributed by atoms with van der Waals surface area (Å²) < 4.78 is 3.87. The van der Waals surface area contributed by atoms with Crippen molar-refractivity contribution in [2.75, 3.05) is 0 Å². The lowest BCUT2D eigenvalue weighted by Crippen LogP contribution is -2.72. The van der Waals surface area contributed by atoms with Crippen molar-refractivity contribution in [1.82, 2.24) is 4.98 Å². The lowest BCUT2D eigenvalue weighted by Gasteiger charge is -2.55. The van der Waals surface area contributed by atoms with Crippen molar-refractivity contribution in [3.05, 3.63) is 70.9 Å². The summed E-state index contributed by atoms with van der Waals surface area (Å²) in [5.74, 6) is 0.475. The third-order valence-electron chi connectivity index (χ3n) is 8.04. The van der Waals surface area contributed by atoms with E-state index in [-0.39, 0.29) is 11.0 Å². The van der Waals surface area contributed by atoms with E-state index in [0.717, 1.165) is 12.8 Å². The van der Waals surface area contributed by atoms with Crippen molar-refractivity contribution in [3.8, 4) is 11.3 Å². The number of thiophene rings is 1. The van der Waals surface area contributed by atoms with Crippen LogP contribution in [0.1, 0.15) is 63.1 Å². The number of hydrogen-bond acceptors (Lipinski definition) is 2. The molecule has 2 aromatic heterocycles. The topological polar surface area (TPSA) is 16.8 Å². The van der Waals surface area contributed by atoms with Gasteiger partial charge in [0.15, 0.2) is 5.69 Å². The molecule has 0 saturated carbocycles. The molecule has 2 aliphatic rings. The molecule has 0 fully saturated rings. The van der Waals surface area contributed by atoms with Crippen LogP contribution in [0.15, 0.2) is 54.2 Å². The van der Waals surface area contributed by atoms with Gasteiger partial charge in [0.25, 0.3) is 6.33 Å². The zero-order chi connectivity index (χ0) is 21.5. The second kappa shape index (κ2) is 6.26. The van der Waals surface area contributed by atoms with Crippen molar-refractivity contribution in [1.29, 1.82) is 0 Å². The summed E-state index contributed by atoms with van der Waals surface area (Å²) in [6.07, 6.45) is 9.22. The van der Waals surface area contributed by atoms with Crippen molar-refractivity contribution < 1.29 is 4.57 Å². The molecule has 1 aliphatic carbocycles. The first kappa shape index (κ1) is 19.2. The fourth-order valence-corrected chi connectivity index (χ4v) is 7.65. The molecule has 2 nitrogen and oxygen atoms in total. The van der Waals surface area contributed by atoms with Crippen LogP contribution in [-0.2, 0) is 11.0 Å². The summed E-state index contributed by atoms with van der Waals surface area (Å²) in [6, 6.07) is 11.4. The van der Waals surface area contributed by atoms with Gasteiger partial charge in [-0.05, 0) is 64.0 Å². The highest BCUT2D eigenvalue weighted by molar-refractivity contribution is 7.17. The average Bonchev–Trinajstić information content (AvgIpc) is 3.19. The molecule has 31 heavy (non-hydrogen) atoms. The predicted molar refractivity (Wildman–Crippen MR) is 131 cm³/mol. The smallest absolute Gasteiger partial charge is 0.218 e. The van der Waals surface area contributed by atoms with Crippen LogP contribution >= 0.6 is 11.3 Å². The van der Waals surface area contributed by atoms with E-state index >= 15 is 0 Å². The van der Waals surface area contributed by atoms with Crippen LogP contribution in [0.25, 0.3) is 32.2 Å². The molecule has 0 amide bonds. The predicted octanol–water partition coefficient (Wildman–Crippen LogP) is 7.17. The van der Waals surface area contributed by atoms with E-state index in [0.29, 0.717) is 5.92 Å². The molecule has 2 atom stereocenters. The van der Waals surface area contributed by atoms with E-state index in [9.17, 15) is 0 Å². The molecule has 0 saturated heterocycles. The van der Waals surface area contributed by atoms with E-state index in [1.54, 1.807) is 0 Å². The van der Waals surface area contributed by atoms with Crippen LogP contribution < -0.4 is 4.57 Å². The van der Waals surface area contributed by atoms with Gasteiger partial charge in [0, 0.05) is 11.1 Å². The second-order valence-electron chi connectivity index (χ2n) is 9.59. The minimum absolute atomic E-state index is 0.00781. The quantitative estimate of drug-likeness (QED) is 0.251. The first-order valence-electron chi connectivity index (χ1n) is 11.5. The monoisotopic (exact) mass is 425 g/mol. The summed E-state index contributed by atoms with van der Waals surface area (Å²) in [6.45, 7) is 11.5. The number of aromatic nitrogens is 2. The molecular weight excluding hydrogens is 396 g/mol. The fourth-order valence-electron chi connectivity index (χ4n) is 6.43. The Labute approximate surface area is 188 Å². The second-order valence-corrected chi connectivity index (χ2v) is 10.5. The van der Waals surface area contributed by atoms with Gasteiger partial charge in [-0.3, -0.25) is 0 Å². The van der Waals surface area contributed by atoms with Crippen LogP contribution in [0.3, 0.4) is 0 Å². The molecule has 6 rings (SSSR count). The van der Waals surface area contributed by atoms with E-state index < -0.39 is 0 Å². The maximum absolute atomic E-state index is 5.06. The largest absolute Gasteiger partial charge is 0.288 e. The minimum Gasteiger partial charge on any atom is -0.218 e. The molecule has 0 N–H and O–H groups in total. The third kappa shape index (κ3) is 2.09. The standard InChI is InChI=1S/C28H29N2S/c1-6-27-12-13-28(27,7-2)30-16-29-24-21(17(3)4)15-31-26(24)25(30)22-18(5)14-19-10-8-9-11-20(19)23(22)27/h8-17H,6-7H2,1-5H3/q+1. The van der Waals surface area contributed by atoms with Gasteiger partial charge in [0.2, 0.25) is 5.52 Å². The number of fused-ring (bicyclic) bond motifs is 10. The zero-order valence-corrected chi connectivity index (χ0v) is 19.8. The maximum Gasteiger partial charge on any atom is 0.288 e. The van der Waals surface area contributed by atoms with Gasteiger partial charge in [-0.1, -0.05) is 64.1 Å². The number of benzene rings is 2. The highest BCUT2D eigenvalue weighted by Gasteiger charge is 2.62. The summed E-state index contributed by atoms with van der Waals surface area (Å²) >= 11 is 1.87. The highest BCUT2D eigenvalue weighted by atomic mass is 32.1. The summed E-state index contributed by atoms with van der Waals surface area (Å²) in [5, 5.41) is 5.09. The van der Waals surface area contributed by atoms with Crippen LogP contribution in [0, 0.1) is 6.92 Å². The SMILES string of the molecule is CCC12C=CC1(CC)[n+]1cnc3c(C(C)C)csc3c1-c1c(C)cc3ccccc3c12. The molecular formula is C28H29N2S+. The van der Waals surface area contributed by atoms with Crippen molar-refractivity contribution in [2.24, 2.45) is 0 Å². The van der Waals surface area contributed by atoms with Gasteiger partial charge >= 0.3 is 0 Å². The molecule has 3 heteroatoms. The number of nitrogens with zero attached hydrogens (tertiary/aromatic N) is 2. The van der Waals surface area contributed by atoms with Crippen LogP contribution in [0.4, 0.5) is 0 Å². The summed E-state index contributed by atoms with van der Waals surface area (Å²) in [4.78, 5) is 5.06. The number of allylic oxidation sites excluding steroid dienone is 2. The Morgan fingerprint density at radius 2 is 1.90 bits per heavy atom. The van der Waals surface area contributed by atoms with Gasteiger partial charge in [-0.25, -0.2) is 4.57 Å². The van der Waals surface area contributed by atoms with E-state index in [4.69, 9.17) is 4.98 Å². The molecule has 4 aromatic rings. The molecule has 1 aliphatic heterocycles. The fraction of sp³-hybridized carbons (Fsp3) is 0.357. The first-order chi connectivity index (χ1) is 15.0. The minimum atomic E-state index is -0.0518. The molecule has 0 radical (unpaired) electrons. The van der Waals surface area contributed by atoms with Gasteiger partial charge in [-0.2, -0.15) is 0 Å². The Morgan fingerprint density at radius 3 is 2.58 bits per heavy atom. The third-order valence-corrected chi connectivity index (χ3v) is 9.04. The Bertz CT molecular complexity index is 1410. The van der Waals surface area contributed by atoms with Crippen molar-refractivity contribution in [2.45, 2.75) is 64.3 Å². The van der Waals surface area contributed by atoms with Gasteiger partial charge in [0.05, 0.1) is 5.41 Å². The molecule has 3 heterocycles. The normalized spacial score (nSPS) is 23.7. The Hall–Kier alpha value is -2.52. The Balaban J connectivity index is 1.86. The summed E-state index contributed by atoms with van der Waals surface area (Å²) in [7, 11) is 0. The Kier molecular flexibility index (Phi) is 3.87. The van der Waals surface area contributed by atoms with Gasteiger partial charge in [-0.15, -0.1) is 11.3 Å². The number of aryl methyl sites for hydroxylation is 1. The van der Waals surface area contributed by atoms with E-state index in [1.807, 2.05) is 11.3 Å². The first-order valence-corrected chi connectivity index (χ1v) is 12.4. The highest BCUT2D eigenvalue weighted by Crippen LogP contribution is 2.60. The lowest BCUT2D eigenvalue weighted by atomic mass is 9.51. The maximum atomic E-state index is 5.06. The Morgan fingerprint density at radius 1 is 1.10 bits per heavy atom. The van der Waals surface area contributed by atoms with Gasteiger partial charge < -0.3 is 0 Å². The summed E-state index contributed by atoms with van der Waals surface area (Å²) in [5.41, 5.74) is 8.20. The van der Waals surface area contributed by atoms with Crippen LogP contribution in [-0.4, -0.2) is 4.98 Å². The van der Waals surface area contributed by atoms with Crippen LogP contribution in [0.2, 0.25) is 0 Å². The zero-order valence-electron chi connectivity index (χ0n) is 19.0.